The number of aromatic nitrogens is 1. The van der Waals surface area contributed by atoms with Crippen LogP contribution in [-0.4, -0.2) is 5.78 Å². The molecule has 90 valence electrons. The molecule has 1 aliphatic heterocycles. The van der Waals surface area contributed by atoms with Gasteiger partial charge in [0.25, 0.3) is 0 Å². The summed E-state index contributed by atoms with van der Waals surface area (Å²) in [6.07, 6.45) is 2.44. The lowest BCUT2D eigenvalue weighted by Gasteiger charge is -2.18. The van der Waals surface area contributed by atoms with Crippen molar-refractivity contribution in [1.29, 1.82) is 0 Å². The normalized spacial score (nSPS) is 18.9. The number of carbonyl (C=O) groups is 1. The van der Waals surface area contributed by atoms with Gasteiger partial charge in [0, 0.05) is 23.6 Å². The molecule has 2 heterocycles. The van der Waals surface area contributed by atoms with Gasteiger partial charge in [0.1, 0.15) is 0 Å². The fraction of sp³-hybridized carbons (Fsp3) is 0.143. The summed E-state index contributed by atoms with van der Waals surface area (Å²) in [5.41, 5.74) is 1.05. The summed E-state index contributed by atoms with van der Waals surface area (Å²) in [6.45, 7) is 0. The smallest absolute Gasteiger partial charge is 0.234 e. The molecule has 0 spiro atoms. The van der Waals surface area contributed by atoms with E-state index in [0.717, 1.165) is 10.1 Å². The maximum atomic E-state index is 12.2. The number of benzene rings is 1. The number of fused-ring (bicyclic) bond motifs is 1. The molecule has 18 heavy (non-hydrogen) atoms. The van der Waals surface area contributed by atoms with Gasteiger partial charge >= 0.3 is 0 Å². The van der Waals surface area contributed by atoms with Crippen molar-refractivity contribution in [2.75, 3.05) is 0 Å². The molecular weight excluding hydrogens is 230 g/mol. The van der Waals surface area contributed by atoms with Crippen LogP contribution in [-0.2, 0) is 9.53 Å². The van der Waals surface area contributed by atoms with Crippen LogP contribution in [0.1, 0.15) is 18.2 Å². The van der Waals surface area contributed by atoms with Gasteiger partial charge in [0.2, 0.25) is 11.2 Å². The van der Waals surface area contributed by atoms with Crippen LogP contribution in [0, 0.1) is 5.21 Å². The van der Waals surface area contributed by atoms with E-state index in [4.69, 9.17) is 4.74 Å². The molecule has 0 saturated heterocycles. The number of hydrogen-bond acceptors (Lipinski definition) is 3. The number of hydrogen-bond donors (Lipinski definition) is 0. The van der Waals surface area contributed by atoms with E-state index < -0.39 is 6.10 Å². The zero-order valence-electron chi connectivity index (χ0n) is 9.58. The maximum Gasteiger partial charge on any atom is 0.234 e. The molecule has 0 amide bonds. The predicted molar refractivity (Wildman–Crippen MR) is 65.5 cm³/mol. The summed E-state index contributed by atoms with van der Waals surface area (Å²) >= 11 is 0. The van der Waals surface area contributed by atoms with E-state index in [1.54, 1.807) is 12.1 Å². The van der Waals surface area contributed by atoms with Crippen molar-refractivity contribution in [2.45, 2.75) is 12.5 Å². The molecule has 0 aliphatic carbocycles. The molecule has 1 aromatic heterocycles. The third kappa shape index (κ3) is 1.72. The molecule has 4 heteroatoms. The largest absolute Gasteiger partial charge is 0.618 e. The van der Waals surface area contributed by atoms with Crippen molar-refractivity contribution in [3.63, 3.8) is 0 Å². The summed E-state index contributed by atoms with van der Waals surface area (Å²) in [4.78, 5) is 11.3. The van der Waals surface area contributed by atoms with Gasteiger partial charge in [-0.15, -0.1) is 0 Å². The number of nitrogens with zero attached hydrogens (tertiary/aromatic N) is 1. The summed E-state index contributed by atoms with van der Waals surface area (Å²) in [7, 11) is 0. The highest BCUT2D eigenvalue weighted by molar-refractivity contribution is 5.90. The van der Waals surface area contributed by atoms with E-state index in [0.29, 0.717) is 11.2 Å². The van der Waals surface area contributed by atoms with Crippen molar-refractivity contribution < 1.29 is 14.3 Å². The van der Waals surface area contributed by atoms with Gasteiger partial charge in [-0.05, 0) is 12.1 Å². The highest BCUT2D eigenvalue weighted by Crippen LogP contribution is 2.24. The second-order valence-electron chi connectivity index (χ2n) is 4.21. The Hall–Kier alpha value is -2.36. The van der Waals surface area contributed by atoms with Crippen LogP contribution in [0.5, 0.6) is 0 Å². The monoisotopic (exact) mass is 241 g/mol. The van der Waals surface area contributed by atoms with Crippen molar-refractivity contribution in [1.82, 2.24) is 0 Å². The maximum absolute atomic E-state index is 12.2. The van der Waals surface area contributed by atoms with Crippen LogP contribution >= 0.6 is 0 Å². The minimum atomic E-state index is -0.496. The molecule has 3 rings (SSSR count). The van der Waals surface area contributed by atoms with Crippen LogP contribution in [0.25, 0.3) is 10.9 Å². The highest BCUT2D eigenvalue weighted by atomic mass is 16.5. The summed E-state index contributed by atoms with van der Waals surface area (Å²) in [5, 5.41) is 13.1. The topological polar surface area (TPSA) is 53.2 Å². The van der Waals surface area contributed by atoms with Crippen molar-refractivity contribution >= 4 is 16.7 Å². The molecule has 4 nitrogen and oxygen atoms in total. The van der Waals surface area contributed by atoms with E-state index in [-0.39, 0.29) is 12.2 Å². The number of pyridine rings is 1. The van der Waals surface area contributed by atoms with Crippen LogP contribution in [0.15, 0.2) is 48.7 Å². The molecule has 0 fully saturated rings. The molecule has 0 N–H and O–H groups in total. The number of para-hydroxylation sites is 1. The summed E-state index contributed by atoms with van der Waals surface area (Å²) in [5.74, 6) is -0.0283. The Morgan fingerprint density at radius 2 is 2.06 bits per heavy atom. The average molecular weight is 241 g/mol. The molecular formula is C14H11NO3. The van der Waals surface area contributed by atoms with E-state index in [9.17, 15) is 10.0 Å². The molecule has 2 aromatic rings. The van der Waals surface area contributed by atoms with Gasteiger partial charge in [-0.2, -0.15) is 4.73 Å². The lowest BCUT2D eigenvalue weighted by atomic mass is 10.1. The first kappa shape index (κ1) is 10.8. The quantitative estimate of drug-likeness (QED) is 0.567. The van der Waals surface area contributed by atoms with E-state index >= 15 is 0 Å². The summed E-state index contributed by atoms with van der Waals surface area (Å²) < 4.78 is 6.18. The van der Waals surface area contributed by atoms with Gasteiger partial charge in [0.05, 0.1) is 12.7 Å². The Bertz CT molecular complexity index is 649. The number of ether oxygens (including phenoxy) is 1. The number of carbonyl (C=O) groups excluding carboxylic acids is 1. The zero-order chi connectivity index (χ0) is 12.5. The van der Waals surface area contributed by atoms with E-state index in [2.05, 4.69) is 0 Å². The average Bonchev–Trinajstić information content (AvgIpc) is 2.39. The van der Waals surface area contributed by atoms with Crippen LogP contribution in [0.4, 0.5) is 0 Å². The summed E-state index contributed by atoms with van der Waals surface area (Å²) in [6, 6.07) is 10.9. The second kappa shape index (κ2) is 4.14. The predicted octanol–water partition coefficient (Wildman–Crippen LogP) is 2.02. The molecule has 0 unspecified atom stereocenters. The Balaban J connectivity index is 2.10. The van der Waals surface area contributed by atoms with Crippen molar-refractivity contribution in [3.8, 4) is 0 Å². The van der Waals surface area contributed by atoms with Gasteiger partial charge < -0.3 is 9.94 Å². The van der Waals surface area contributed by atoms with Crippen LogP contribution in [0.2, 0.25) is 0 Å². The number of ketones is 1. The fourth-order valence-corrected chi connectivity index (χ4v) is 2.12. The minimum absolute atomic E-state index is 0.0283. The SMILES string of the molecule is O=C1C=CO[C@H](c2ccc3ccccc3[n+]2[O-])C1. The standard InChI is InChI=1S/C14H11NO3/c16-11-7-8-18-14(9-11)13-6-5-10-3-1-2-4-12(10)15(13)17/h1-8,14H,9H2/t14-/m0/s1. The molecule has 0 saturated carbocycles. The lowest BCUT2D eigenvalue weighted by molar-refractivity contribution is -0.590. The minimum Gasteiger partial charge on any atom is -0.618 e. The first-order chi connectivity index (χ1) is 8.75. The molecule has 0 bridgehead atoms. The molecule has 0 radical (unpaired) electrons. The Labute approximate surface area is 104 Å². The van der Waals surface area contributed by atoms with Gasteiger partial charge in [-0.1, -0.05) is 12.1 Å². The van der Waals surface area contributed by atoms with Crippen molar-refractivity contribution in [2.24, 2.45) is 0 Å². The van der Waals surface area contributed by atoms with E-state index in [1.807, 2.05) is 24.3 Å². The molecule has 1 atom stereocenters. The van der Waals surface area contributed by atoms with Crippen LogP contribution < -0.4 is 4.73 Å². The third-order valence-electron chi connectivity index (χ3n) is 3.04. The van der Waals surface area contributed by atoms with E-state index in [1.165, 1.54) is 12.3 Å². The Morgan fingerprint density at radius 3 is 2.89 bits per heavy atom. The highest BCUT2D eigenvalue weighted by Gasteiger charge is 2.26. The third-order valence-corrected chi connectivity index (χ3v) is 3.04. The first-order valence-corrected chi connectivity index (χ1v) is 5.72. The Morgan fingerprint density at radius 1 is 1.22 bits per heavy atom. The van der Waals surface area contributed by atoms with Gasteiger partial charge in [0.15, 0.2) is 11.9 Å². The van der Waals surface area contributed by atoms with Crippen molar-refractivity contribution in [3.05, 3.63) is 59.6 Å². The zero-order valence-corrected chi connectivity index (χ0v) is 9.58. The van der Waals surface area contributed by atoms with Gasteiger partial charge in [-0.3, -0.25) is 4.79 Å². The lowest BCUT2D eigenvalue weighted by Crippen LogP contribution is -2.35. The first-order valence-electron chi connectivity index (χ1n) is 5.72. The number of allylic oxidation sites excluding steroid dienone is 1. The Kier molecular flexibility index (Phi) is 2.48. The number of rotatable bonds is 1. The second-order valence-corrected chi connectivity index (χ2v) is 4.21. The molecule has 1 aromatic carbocycles. The van der Waals surface area contributed by atoms with Gasteiger partial charge in [-0.25, -0.2) is 0 Å². The molecule has 1 aliphatic rings. The fourth-order valence-electron chi connectivity index (χ4n) is 2.12. The van der Waals surface area contributed by atoms with Crippen LogP contribution in [0.3, 0.4) is 0 Å².